The zero-order chi connectivity index (χ0) is 11.6. The molecular formula is C14H32AlLi. The normalized spacial score (nSPS) is 11.2. The second-order valence-electron chi connectivity index (χ2n) is 5.51. The molecule has 0 radical (unpaired) electrons. The Balaban J connectivity index is 0. The van der Waals surface area contributed by atoms with Gasteiger partial charge in [0.25, 0.3) is 0 Å². The summed E-state index contributed by atoms with van der Waals surface area (Å²) < 4.78 is 0. The number of rotatable bonds is 10. The van der Waals surface area contributed by atoms with E-state index in [4.69, 9.17) is 0 Å². The van der Waals surface area contributed by atoms with Crippen LogP contribution in [0.3, 0.4) is 0 Å². The van der Waals surface area contributed by atoms with Crippen molar-refractivity contribution in [3.05, 3.63) is 0 Å². The molecule has 0 rings (SSSR count). The first kappa shape index (κ1) is 19.5. The van der Waals surface area contributed by atoms with Crippen LogP contribution >= 0.6 is 0 Å². The molecule has 0 heterocycles. The van der Waals surface area contributed by atoms with E-state index in [1.807, 2.05) is 0 Å². The Morgan fingerprint density at radius 3 is 1.50 bits per heavy atom. The molecule has 0 aliphatic heterocycles. The summed E-state index contributed by atoms with van der Waals surface area (Å²) in [6, 6.07) is 0. The molecule has 0 bridgehead atoms. The number of unbranched alkanes of at least 4 members (excludes halogenated alkanes) is 5. The summed E-state index contributed by atoms with van der Waals surface area (Å²) in [6.07, 6.45) is 8.81. The third-order valence-corrected chi connectivity index (χ3v) is 11.6. The van der Waals surface area contributed by atoms with Gasteiger partial charge in [0.2, 0.25) is 0 Å². The van der Waals surface area contributed by atoms with Gasteiger partial charge in [0, 0.05) is 0 Å². The van der Waals surface area contributed by atoms with E-state index in [1.165, 1.54) is 54.4 Å². The zero-order valence-corrected chi connectivity index (χ0v) is 13.8. The van der Waals surface area contributed by atoms with Crippen molar-refractivity contribution in [2.75, 3.05) is 0 Å². The van der Waals surface area contributed by atoms with Crippen LogP contribution in [0, 0.1) is 0 Å². The Bertz CT molecular complexity index is 124. The maximum atomic E-state index is 2.44. The monoisotopic (exact) mass is 234 g/mol. The molecule has 0 unspecified atom stereocenters. The minimum absolute atomic E-state index is 0. The average Bonchev–Trinajstić information content (AvgIpc) is 2.29. The van der Waals surface area contributed by atoms with Crippen molar-refractivity contribution in [2.45, 2.75) is 87.4 Å². The van der Waals surface area contributed by atoms with Gasteiger partial charge in [0.05, 0.1) is 0 Å². The summed E-state index contributed by atoms with van der Waals surface area (Å²) in [5, 5.41) is 6.24. The van der Waals surface area contributed by atoms with Gasteiger partial charge < -0.3 is 0 Å². The fraction of sp³-hybridized carbons (Fsp3) is 1.00. The molecule has 0 saturated carbocycles. The van der Waals surface area contributed by atoms with Crippen molar-refractivity contribution in [3.63, 3.8) is 0 Å². The van der Waals surface area contributed by atoms with Crippen LogP contribution in [0.25, 0.3) is 0 Å². The van der Waals surface area contributed by atoms with E-state index in [0.29, 0.717) is 0 Å². The van der Waals surface area contributed by atoms with Gasteiger partial charge in [0.15, 0.2) is 0 Å². The maximum absolute atomic E-state index is 2.44. The first-order valence-electron chi connectivity index (χ1n) is 7.46. The summed E-state index contributed by atoms with van der Waals surface area (Å²) in [4.78, 5) is 0. The fourth-order valence-electron chi connectivity index (χ4n) is 2.84. The Kier molecular flexibility index (Phi) is 15.3. The van der Waals surface area contributed by atoms with Gasteiger partial charge in [0.1, 0.15) is 13.1 Å². The van der Waals surface area contributed by atoms with Crippen LogP contribution < -0.4 is 18.9 Å². The minimum Gasteiger partial charge on any atom is -0.194 e. The van der Waals surface area contributed by atoms with Crippen molar-refractivity contribution < 1.29 is 18.9 Å². The Morgan fingerprint density at radius 1 is 0.625 bits per heavy atom. The van der Waals surface area contributed by atoms with Crippen LogP contribution in [0.15, 0.2) is 0 Å². The summed E-state index contributed by atoms with van der Waals surface area (Å²) >= 11 is -1.08. The predicted molar refractivity (Wildman–Crippen MR) is 75.4 cm³/mol. The molecule has 0 aromatic rings. The first-order valence-corrected chi connectivity index (χ1v) is 10.7. The van der Waals surface area contributed by atoms with E-state index in [-0.39, 0.29) is 18.9 Å². The molecule has 0 aliphatic carbocycles. The minimum atomic E-state index is -1.08. The molecular weight excluding hydrogens is 202 g/mol. The van der Waals surface area contributed by atoms with Crippen LogP contribution in [-0.4, -0.2) is 13.1 Å². The average molecular weight is 234 g/mol. The molecule has 0 amide bonds. The summed E-state index contributed by atoms with van der Waals surface area (Å²) in [5.41, 5.74) is 0. The van der Waals surface area contributed by atoms with Crippen molar-refractivity contribution in [1.82, 2.24) is 0 Å². The van der Waals surface area contributed by atoms with Gasteiger partial charge >= 0.3 is 18.9 Å². The van der Waals surface area contributed by atoms with Crippen molar-refractivity contribution in [3.8, 4) is 0 Å². The van der Waals surface area contributed by atoms with Gasteiger partial charge in [-0.05, 0) is 0 Å². The number of hydrogen-bond donors (Lipinski definition) is 0. The maximum Gasteiger partial charge on any atom is 1.00 e. The van der Waals surface area contributed by atoms with Crippen LogP contribution in [0.1, 0.15) is 66.2 Å². The van der Waals surface area contributed by atoms with Gasteiger partial charge in [-0.3, -0.25) is 0 Å². The molecule has 0 nitrogen and oxygen atoms in total. The van der Waals surface area contributed by atoms with E-state index in [0.717, 1.165) is 0 Å². The van der Waals surface area contributed by atoms with E-state index < -0.39 is 13.1 Å². The molecule has 0 aromatic heterocycles. The zero-order valence-electron chi connectivity index (χ0n) is 12.6. The SMILES string of the molecule is CCCCCCC[CH2][Al-]([CH2]C)([CH2]C)[CH2]C.[Li+]. The third kappa shape index (κ3) is 8.25. The summed E-state index contributed by atoms with van der Waals surface area (Å²) in [7, 11) is 0. The predicted octanol–water partition coefficient (Wildman–Crippen LogP) is 2.86. The Labute approximate surface area is 119 Å². The Morgan fingerprint density at radius 2 is 1.06 bits per heavy atom. The second kappa shape index (κ2) is 12.6. The van der Waals surface area contributed by atoms with Gasteiger partial charge in [-0.15, -0.1) is 20.8 Å². The van der Waals surface area contributed by atoms with Gasteiger partial charge in [-0.25, -0.2) is 0 Å². The molecule has 0 atom stereocenters. The topological polar surface area (TPSA) is 0 Å². The number of hydrogen-bond acceptors (Lipinski definition) is 0. The molecule has 0 fully saturated rings. The van der Waals surface area contributed by atoms with Crippen molar-refractivity contribution >= 4 is 13.1 Å². The Hall–Kier alpha value is 1.13. The largest absolute Gasteiger partial charge is 1.00 e. The molecule has 0 aromatic carbocycles. The van der Waals surface area contributed by atoms with E-state index in [9.17, 15) is 0 Å². The van der Waals surface area contributed by atoms with Crippen LogP contribution in [0.2, 0.25) is 21.1 Å². The quantitative estimate of drug-likeness (QED) is 0.403. The van der Waals surface area contributed by atoms with Crippen LogP contribution in [0.5, 0.6) is 0 Å². The summed E-state index contributed by atoms with van der Waals surface area (Å²) in [5.74, 6) is 0. The van der Waals surface area contributed by atoms with Crippen molar-refractivity contribution in [2.24, 2.45) is 0 Å². The van der Waals surface area contributed by atoms with Crippen molar-refractivity contribution in [1.29, 1.82) is 0 Å². The van der Waals surface area contributed by atoms with E-state index in [1.54, 1.807) is 5.28 Å². The summed E-state index contributed by atoms with van der Waals surface area (Å²) in [6.45, 7) is 9.61. The van der Waals surface area contributed by atoms with Crippen LogP contribution in [0.4, 0.5) is 0 Å². The second-order valence-corrected chi connectivity index (χ2v) is 12.0. The van der Waals surface area contributed by atoms with Gasteiger partial charge in [-0.1, -0.05) is 45.4 Å². The molecule has 16 heavy (non-hydrogen) atoms. The fourth-order valence-corrected chi connectivity index (χ4v) is 6.95. The molecule has 0 spiro atoms. The van der Waals surface area contributed by atoms with E-state index >= 15 is 0 Å². The molecule has 92 valence electrons. The molecule has 0 aliphatic rings. The molecule has 2 heteroatoms. The van der Waals surface area contributed by atoms with Crippen LogP contribution in [-0.2, 0) is 0 Å². The van der Waals surface area contributed by atoms with E-state index in [2.05, 4.69) is 27.7 Å². The molecule has 0 saturated heterocycles. The standard InChI is InChI=1S/C8H17.3C2H5.Al.Li/c1-3-5-7-8-6-4-2;3*1-2;;/h1,3-8H2,2H3;3*1H2,2H3;;/q;;;;-1;+1. The smallest absolute Gasteiger partial charge is 0.194 e. The van der Waals surface area contributed by atoms with Gasteiger partial charge in [-0.2, -0.15) is 21.1 Å². The molecule has 0 N–H and O–H groups in total. The first-order chi connectivity index (χ1) is 7.24. The third-order valence-electron chi connectivity index (χ3n) is 4.77.